The van der Waals surface area contributed by atoms with Crippen molar-refractivity contribution in [2.45, 2.75) is 19.1 Å². The first-order valence-corrected chi connectivity index (χ1v) is 11.6. The standard InChI is InChI=1S/C29H25N3O4/c1-35-27-14-13-21(16-28(27)36-19-20-8-3-2-4-9-20)29(34)32-25(23-11-5-6-12-26(23)33)17-24(31-32)22-10-7-15-30-18-22/h2-16,18,25,33H,17,19H2,1H3. The summed E-state index contributed by atoms with van der Waals surface area (Å²) in [5.74, 6) is 0.793. The van der Waals surface area contributed by atoms with Gasteiger partial charge in [0, 0.05) is 35.5 Å². The van der Waals surface area contributed by atoms with Gasteiger partial charge in [0.1, 0.15) is 12.4 Å². The van der Waals surface area contributed by atoms with E-state index >= 15 is 0 Å². The number of ether oxygens (including phenoxy) is 2. The second kappa shape index (κ2) is 10.3. The van der Waals surface area contributed by atoms with E-state index in [0.717, 1.165) is 16.8 Å². The topological polar surface area (TPSA) is 84.2 Å². The van der Waals surface area contributed by atoms with E-state index in [4.69, 9.17) is 9.47 Å². The van der Waals surface area contributed by atoms with Crippen LogP contribution in [0.15, 0.2) is 102 Å². The van der Waals surface area contributed by atoms with Gasteiger partial charge in [0.25, 0.3) is 5.91 Å². The van der Waals surface area contributed by atoms with Gasteiger partial charge in [-0.3, -0.25) is 9.78 Å². The first kappa shape index (κ1) is 23.1. The zero-order chi connectivity index (χ0) is 24.9. The smallest absolute Gasteiger partial charge is 0.274 e. The van der Waals surface area contributed by atoms with Gasteiger partial charge in [-0.2, -0.15) is 5.10 Å². The molecule has 0 bridgehead atoms. The minimum absolute atomic E-state index is 0.115. The van der Waals surface area contributed by atoms with Crippen molar-refractivity contribution >= 4 is 11.6 Å². The van der Waals surface area contributed by atoms with Gasteiger partial charge in [0.15, 0.2) is 11.5 Å². The number of phenols is 1. The molecule has 0 spiro atoms. The van der Waals surface area contributed by atoms with Crippen LogP contribution in [0.4, 0.5) is 0 Å². The third-order valence-corrected chi connectivity index (χ3v) is 6.06. The number of pyridine rings is 1. The zero-order valence-corrected chi connectivity index (χ0v) is 19.7. The van der Waals surface area contributed by atoms with Crippen LogP contribution in [0.2, 0.25) is 0 Å². The quantitative estimate of drug-likeness (QED) is 0.385. The number of benzene rings is 3. The van der Waals surface area contributed by atoms with Crippen molar-refractivity contribution in [3.63, 3.8) is 0 Å². The zero-order valence-electron chi connectivity index (χ0n) is 19.7. The highest BCUT2D eigenvalue weighted by atomic mass is 16.5. The van der Waals surface area contributed by atoms with Gasteiger partial charge < -0.3 is 14.6 Å². The fraction of sp³-hybridized carbons (Fsp3) is 0.138. The van der Waals surface area contributed by atoms with Gasteiger partial charge in [-0.15, -0.1) is 0 Å². The van der Waals surface area contributed by atoms with Gasteiger partial charge in [-0.25, -0.2) is 5.01 Å². The maximum atomic E-state index is 13.8. The molecule has 2 heterocycles. The van der Waals surface area contributed by atoms with Crippen molar-refractivity contribution < 1.29 is 19.4 Å². The van der Waals surface area contributed by atoms with Gasteiger partial charge in [0.05, 0.1) is 18.9 Å². The van der Waals surface area contributed by atoms with Crippen LogP contribution in [0.5, 0.6) is 17.2 Å². The molecule has 1 aliphatic heterocycles. The molecular formula is C29H25N3O4. The number of rotatable bonds is 7. The minimum Gasteiger partial charge on any atom is -0.508 e. The molecule has 4 aromatic rings. The monoisotopic (exact) mass is 479 g/mol. The van der Waals surface area contributed by atoms with E-state index in [-0.39, 0.29) is 11.7 Å². The summed E-state index contributed by atoms with van der Waals surface area (Å²) in [7, 11) is 1.56. The lowest BCUT2D eigenvalue weighted by molar-refractivity contribution is 0.0709. The number of carbonyl (C=O) groups excluding carboxylic acids is 1. The number of hydrogen-bond acceptors (Lipinski definition) is 6. The molecule has 1 N–H and O–H groups in total. The molecule has 1 aliphatic rings. The van der Waals surface area contributed by atoms with Gasteiger partial charge in [-0.05, 0) is 35.9 Å². The largest absolute Gasteiger partial charge is 0.508 e. The van der Waals surface area contributed by atoms with Crippen LogP contribution in [0.1, 0.15) is 39.5 Å². The first-order valence-electron chi connectivity index (χ1n) is 11.6. The minimum atomic E-state index is -0.468. The molecule has 0 radical (unpaired) electrons. The molecule has 0 aliphatic carbocycles. The molecule has 1 unspecified atom stereocenters. The lowest BCUT2D eigenvalue weighted by Gasteiger charge is -2.23. The number of carbonyl (C=O) groups is 1. The Bertz CT molecular complexity index is 1390. The Morgan fingerprint density at radius 1 is 1.00 bits per heavy atom. The molecule has 0 saturated heterocycles. The van der Waals surface area contributed by atoms with Gasteiger partial charge in [0.2, 0.25) is 0 Å². The Hall–Kier alpha value is -4.65. The predicted octanol–water partition coefficient (Wildman–Crippen LogP) is 5.37. The van der Waals surface area contributed by atoms with Crippen molar-refractivity contribution in [2.75, 3.05) is 7.11 Å². The lowest BCUT2D eigenvalue weighted by atomic mass is 9.98. The van der Waals surface area contributed by atoms with E-state index in [2.05, 4.69) is 10.1 Å². The van der Waals surface area contributed by atoms with Crippen LogP contribution >= 0.6 is 0 Å². The van der Waals surface area contributed by atoms with Crippen molar-refractivity contribution in [3.05, 3.63) is 120 Å². The number of para-hydroxylation sites is 1. The molecule has 3 aromatic carbocycles. The van der Waals surface area contributed by atoms with E-state index < -0.39 is 6.04 Å². The lowest BCUT2D eigenvalue weighted by Crippen LogP contribution is -2.27. The number of aromatic nitrogens is 1. The highest BCUT2D eigenvalue weighted by molar-refractivity contribution is 6.05. The first-order chi connectivity index (χ1) is 17.6. The van der Waals surface area contributed by atoms with Crippen molar-refractivity contribution in [1.29, 1.82) is 0 Å². The summed E-state index contributed by atoms with van der Waals surface area (Å²) < 4.78 is 11.5. The van der Waals surface area contributed by atoms with E-state index in [1.807, 2.05) is 54.6 Å². The number of amides is 1. The molecule has 0 fully saturated rings. The van der Waals surface area contributed by atoms with E-state index in [0.29, 0.717) is 35.7 Å². The summed E-state index contributed by atoms with van der Waals surface area (Å²) in [4.78, 5) is 18.0. The summed E-state index contributed by atoms with van der Waals surface area (Å²) in [5.41, 5.74) is 3.58. The number of phenolic OH excluding ortho intramolecular Hbond substituents is 1. The normalized spacial score (nSPS) is 14.9. The van der Waals surface area contributed by atoms with Crippen molar-refractivity contribution in [3.8, 4) is 17.2 Å². The molecule has 1 amide bonds. The van der Waals surface area contributed by atoms with E-state index in [9.17, 15) is 9.90 Å². The fourth-order valence-electron chi connectivity index (χ4n) is 4.21. The number of nitrogens with zero attached hydrogens (tertiary/aromatic N) is 3. The second-order valence-corrected chi connectivity index (χ2v) is 8.36. The van der Waals surface area contributed by atoms with Crippen molar-refractivity contribution in [1.82, 2.24) is 9.99 Å². The van der Waals surface area contributed by atoms with E-state index in [1.165, 1.54) is 5.01 Å². The Kier molecular flexibility index (Phi) is 6.62. The van der Waals surface area contributed by atoms with Gasteiger partial charge in [-0.1, -0.05) is 54.6 Å². The second-order valence-electron chi connectivity index (χ2n) is 8.36. The Morgan fingerprint density at radius 3 is 2.56 bits per heavy atom. The highest BCUT2D eigenvalue weighted by Crippen LogP contribution is 2.38. The molecule has 36 heavy (non-hydrogen) atoms. The number of methoxy groups -OCH3 is 1. The molecule has 7 nitrogen and oxygen atoms in total. The van der Waals surface area contributed by atoms with Crippen LogP contribution in [0.25, 0.3) is 0 Å². The van der Waals surface area contributed by atoms with E-state index in [1.54, 1.807) is 49.8 Å². The molecule has 180 valence electrons. The Labute approximate surface area is 209 Å². The van der Waals surface area contributed by atoms with Crippen molar-refractivity contribution in [2.24, 2.45) is 5.10 Å². The Morgan fingerprint density at radius 2 is 1.81 bits per heavy atom. The number of hydrazone groups is 1. The third kappa shape index (κ3) is 4.77. The average molecular weight is 480 g/mol. The molecule has 0 saturated carbocycles. The van der Waals surface area contributed by atoms with Crippen LogP contribution in [0.3, 0.4) is 0 Å². The average Bonchev–Trinajstić information content (AvgIpc) is 3.38. The molecule has 7 heteroatoms. The predicted molar refractivity (Wildman–Crippen MR) is 136 cm³/mol. The maximum Gasteiger partial charge on any atom is 0.274 e. The van der Waals surface area contributed by atoms with Crippen LogP contribution < -0.4 is 9.47 Å². The summed E-state index contributed by atoms with van der Waals surface area (Å²) in [6.07, 6.45) is 3.86. The summed E-state index contributed by atoms with van der Waals surface area (Å²) in [6, 6.07) is 25.1. The molecular weight excluding hydrogens is 454 g/mol. The maximum absolute atomic E-state index is 13.8. The van der Waals surface area contributed by atoms with Crippen LogP contribution in [0, 0.1) is 0 Å². The number of aromatic hydroxyl groups is 1. The SMILES string of the molecule is COc1ccc(C(=O)N2N=C(c3cccnc3)CC2c2ccccc2O)cc1OCc1ccccc1. The van der Waals surface area contributed by atoms with Crippen LogP contribution in [-0.4, -0.2) is 33.8 Å². The molecule has 1 atom stereocenters. The van der Waals surface area contributed by atoms with Crippen LogP contribution in [-0.2, 0) is 6.61 Å². The Balaban J connectivity index is 1.48. The third-order valence-electron chi connectivity index (χ3n) is 6.06. The molecule has 5 rings (SSSR count). The highest BCUT2D eigenvalue weighted by Gasteiger charge is 2.35. The van der Waals surface area contributed by atoms with Gasteiger partial charge >= 0.3 is 0 Å². The number of hydrogen-bond donors (Lipinski definition) is 1. The fourth-order valence-corrected chi connectivity index (χ4v) is 4.21. The summed E-state index contributed by atoms with van der Waals surface area (Å²) >= 11 is 0. The summed E-state index contributed by atoms with van der Waals surface area (Å²) in [5, 5.41) is 16.7. The summed E-state index contributed by atoms with van der Waals surface area (Å²) in [6.45, 7) is 0.336. The molecule has 1 aromatic heterocycles.